The average Bonchev–Trinajstić information content (AvgIpc) is 2.36. The molecule has 1 saturated carbocycles. The number of para-hydroxylation sites is 1. The highest BCUT2D eigenvalue weighted by Gasteiger charge is 2.31. The molecule has 1 N–H and O–H groups in total. The molecule has 3 heteroatoms. The highest BCUT2D eigenvalue weighted by Crippen LogP contribution is 2.34. The third kappa shape index (κ3) is 3.49. The maximum absolute atomic E-state index is 11.2. The molecule has 2 rings (SSSR count). The number of carbonyl (C=O) groups excluding carboxylic acids is 1. The van der Waals surface area contributed by atoms with E-state index < -0.39 is 0 Å². The van der Waals surface area contributed by atoms with E-state index in [1.165, 1.54) is 18.4 Å². The van der Waals surface area contributed by atoms with Crippen LogP contribution < -0.4 is 5.32 Å². The van der Waals surface area contributed by atoms with Crippen LogP contribution in [0.25, 0.3) is 0 Å². The Hall–Kier alpha value is -1.51. The summed E-state index contributed by atoms with van der Waals surface area (Å²) in [4.78, 5) is 11.2. The molecule has 0 saturated heterocycles. The average molecular weight is 261 g/mol. The van der Waals surface area contributed by atoms with Crippen molar-refractivity contribution in [3.05, 3.63) is 29.8 Å². The minimum Gasteiger partial charge on any atom is -0.469 e. The summed E-state index contributed by atoms with van der Waals surface area (Å²) in [6, 6.07) is 8.97. The first-order chi connectivity index (χ1) is 9.10. The van der Waals surface area contributed by atoms with Gasteiger partial charge in [-0.15, -0.1) is 0 Å². The number of esters is 1. The van der Waals surface area contributed by atoms with Crippen molar-refractivity contribution in [2.24, 2.45) is 5.92 Å². The van der Waals surface area contributed by atoms with Crippen LogP contribution in [0, 0.1) is 5.92 Å². The summed E-state index contributed by atoms with van der Waals surface area (Å²) in [7, 11) is 1.45. The van der Waals surface area contributed by atoms with Crippen molar-refractivity contribution >= 4 is 11.7 Å². The van der Waals surface area contributed by atoms with E-state index in [9.17, 15) is 4.79 Å². The molecule has 1 aromatic carbocycles. The van der Waals surface area contributed by atoms with Gasteiger partial charge in [0.15, 0.2) is 0 Å². The first-order valence-electron chi connectivity index (χ1n) is 7.02. The van der Waals surface area contributed by atoms with Gasteiger partial charge in [-0.2, -0.15) is 0 Å². The van der Waals surface area contributed by atoms with Crippen molar-refractivity contribution in [3.63, 3.8) is 0 Å². The zero-order valence-corrected chi connectivity index (χ0v) is 12.0. The molecule has 1 aliphatic carbocycles. The summed E-state index contributed by atoms with van der Waals surface area (Å²) >= 11 is 0. The molecule has 19 heavy (non-hydrogen) atoms. The number of carbonyl (C=O) groups is 1. The lowest BCUT2D eigenvalue weighted by Gasteiger charge is -2.36. The fourth-order valence-electron chi connectivity index (χ4n) is 2.69. The summed E-state index contributed by atoms with van der Waals surface area (Å²) in [6.07, 6.45) is 2.67. The Labute approximate surface area is 115 Å². The van der Waals surface area contributed by atoms with Gasteiger partial charge >= 0.3 is 5.97 Å². The molecule has 0 bridgehead atoms. The number of hydrogen-bond donors (Lipinski definition) is 1. The highest BCUT2D eigenvalue weighted by atomic mass is 16.5. The molecule has 0 spiro atoms. The Balaban J connectivity index is 1.86. The zero-order chi connectivity index (χ0) is 13.8. The topological polar surface area (TPSA) is 38.3 Å². The van der Waals surface area contributed by atoms with E-state index in [-0.39, 0.29) is 5.97 Å². The van der Waals surface area contributed by atoms with Gasteiger partial charge in [0, 0.05) is 18.2 Å². The number of benzene rings is 1. The van der Waals surface area contributed by atoms with Crippen molar-refractivity contribution in [1.29, 1.82) is 0 Å². The lowest BCUT2D eigenvalue weighted by molar-refractivity contribution is -0.142. The van der Waals surface area contributed by atoms with Crippen molar-refractivity contribution in [3.8, 4) is 0 Å². The first-order valence-corrected chi connectivity index (χ1v) is 7.02. The third-order valence-electron chi connectivity index (χ3n) is 3.86. The number of ether oxygens (including phenoxy) is 1. The Morgan fingerprint density at radius 1 is 1.37 bits per heavy atom. The molecule has 0 aliphatic heterocycles. The van der Waals surface area contributed by atoms with Crippen LogP contribution in [-0.4, -0.2) is 19.1 Å². The summed E-state index contributed by atoms with van der Waals surface area (Å²) < 4.78 is 4.70. The molecule has 0 aromatic heterocycles. The minimum atomic E-state index is -0.0916. The van der Waals surface area contributed by atoms with Crippen LogP contribution in [0.4, 0.5) is 5.69 Å². The monoisotopic (exact) mass is 261 g/mol. The van der Waals surface area contributed by atoms with E-state index in [2.05, 4.69) is 43.4 Å². The Bertz CT molecular complexity index is 436. The van der Waals surface area contributed by atoms with Crippen LogP contribution in [-0.2, 0) is 9.53 Å². The molecule has 0 unspecified atom stereocenters. The number of rotatable bonds is 5. The Kier molecular flexibility index (Phi) is 4.46. The second-order valence-corrected chi connectivity index (χ2v) is 5.70. The molecule has 0 atom stereocenters. The first kappa shape index (κ1) is 13.9. The van der Waals surface area contributed by atoms with Gasteiger partial charge in [-0.3, -0.25) is 4.79 Å². The number of nitrogens with one attached hydrogen (secondary N) is 1. The zero-order valence-electron chi connectivity index (χ0n) is 12.0. The van der Waals surface area contributed by atoms with Crippen molar-refractivity contribution in [2.75, 3.05) is 12.4 Å². The van der Waals surface area contributed by atoms with Crippen LogP contribution in [0.3, 0.4) is 0 Å². The number of hydrogen-bond acceptors (Lipinski definition) is 3. The van der Waals surface area contributed by atoms with Crippen LogP contribution in [0.2, 0.25) is 0 Å². The van der Waals surface area contributed by atoms with Gasteiger partial charge in [-0.1, -0.05) is 32.0 Å². The van der Waals surface area contributed by atoms with E-state index in [0.29, 0.717) is 24.3 Å². The quantitative estimate of drug-likeness (QED) is 0.824. The molecule has 0 heterocycles. The van der Waals surface area contributed by atoms with Crippen molar-refractivity contribution < 1.29 is 9.53 Å². The van der Waals surface area contributed by atoms with Gasteiger partial charge in [0.1, 0.15) is 0 Å². The molecule has 0 amide bonds. The summed E-state index contributed by atoms with van der Waals surface area (Å²) in [5, 5.41) is 3.60. The second kappa shape index (κ2) is 6.09. The molecule has 3 nitrogen and oxygen atoms in total. The van der Waals surface area contributed by atoms with Crippen molar-refractivity contribution in [2.45, 2.75) is 45.1 Å². The molecule has 1 aliphatic rings. The standard InChI is InChI=1S/C16H23NO2/c1-11(2)14-6-4-5-7-15(14)17-13-8-12(9-13)10-16(18)19-3/h4-7,11-13,17H,8-10H2,1-3H3/t12-,13+. The minimum absolute atomic E-state index is 0.0916. The van der Waals surface area contributed by atoms with Crippen LogP contribution >= 0.6 is 0 Å². The lowest BCUT2D eigenvalue weighted by Crippen LogP contribution is -2.36. The fraction of sp³-hybridized carbons (Fsp3) is 0.562. The normalized spacial score (nSPS) is 21.9. The molecule has 1 fully saturated rings. The Morgan fingerprint density at radius 3 is 2.68 bits per heavy atom. The van der Waals surface area contributed by atoms with Crippen LogP contribution in [0.5, 0.6) is 0 Å². The summed E-state index contributed by atoms with van der Waals surface area (Å²) in [6.45, 7) is 4.42. The maximum Gasteiger partial charge on any atom is 0.305 e. The number of anilines is 1. The van der Waals surface area contributed by atoms with Crippen LogP contribution in [0.1, 0.15) is 44.6 Å². The summed E-state index contributed by atoms with van der Waals surface area (Å²) in [5.41, 5.74) is 2.60. The van der Waals surface area contributed by atoms with Gasteiger partial charge in [0.25, 0.3) is 0 Å². The van der Waals surface area contributed by atoms with Crippen molar-refractivity contribution in [1.82, 2.24) is 0 Å². The van der Waals surface area contributed by atoms with Gasteiger partial charge < -0.3 is 10.1 Å². The van der Waals surface area contributed by atoms with Crippen LogP contribution in [0.15, 0.2) is 24.3 Å². The van der Waals surface area contributed by atoms with Gasteiger partial charge in [-0.25, -0.2) is 0 Å². The van der Waals surface area contributed by atoms with E-state index >= 15 is 0 Å². The van der Waals surface area contributed by atoms with E-state index in [1.54, 1.807) is 0 Å². The SMILES string of the molecule is COC(=O)C[C@H]1C[C@@H](Nc2ccccc2C(C)C)C1. The predicted molar refractivity (Wildman–Crippen MR) is 77.3 cm³/mol. The largest absolute Gasteiger partial charge is 0.469 e. The third-order valence-corrected chi connectivity index (χ3v) is 3.86. The molecular formula is C16H23NO2. The van der Waals surface area contributed by atoms with E-state index in [1.807, 2.05) is 0 Å². The smallest absolute Gasteiger partial charge is 0.305 e. The van der Waals surface area contributed by atoms with Gasteiger partial charge in [0.05, 0.1) is 7.11 Å². The summed E-state index contributed by atoms with van der Waals surface area (Å²) in [5.74, 6) is 0.914. The van der Waals surface area contributed by atoms with E-state index in [0.717, 1.165) is 12.8 Å². The highest BCUT2D eigenvalue weighted by molar-refractivity contribution is 5.69. The predicted octanol–water partition coefficient (Wildman–Crippen LogP) is 3.56. The van der Waals surface area contributed by atoms with Gasteiger partial charge in [-0.05, 0) is 36.3 Å². The Morgan fingerprint density at radius 2 is 2.05 bits per heavy atom. The number of methoxy groups -OCH3 is 1. The van der Waals surface area contributed by atoms with E-state index in [4.69, 9.17) is 4.74 Å². The maximum atomic E-state index is 11.2. The molecule has 1 aromatic rings. The fourth-order valence-corrected chi connectivity index (χ4v) is 2.69. The lowest BCUT2D eigenvalue weighted by atomic mass is 9.78. The second-order valence-electron chi connectivity index (χ2n) is 5.70. The molecular weight excluding hydrogens is 238 g/mol. The molecule has 104 valence electrons. The van der Waals surface area contributed by atoms with Gasteiger partial charge in [0.2, 0.25) is 0 Å². The molecule has 0 radical (unpaired) electrons.